The van der Waals surface area contributed by atoms with Crippen LogP contribution in [0.4, 0.5) is 17.2 Å². The van der Waals surface area contributed by atoms with E-state index in [0.29, 0.717) is 11.5 Å². The van der Waals surface area contributed by atoms with Crippen LogP contribution in [0, 0.1) is 0 Å². The number of carbonyl (C=O) groups excluding carboxylic acids is 1. The van der Waals surface area contributed by atoms with Gasteiger partial charge in [-0.3, -0.25) is 9.78 Å². The predicted octanol–water partition coefficient (Wildman–Crippen LogP) is 4.66. The van der Waals surface area contributed by atoms with Crippen molar-refractivity contribution in [3.63, 3.8) is 0 Å². The summed E-state index contributed by atoms with van der Waals surface area (Å²) in [6.45, 7) is 7.77. The molecule has 2 aromatic carbocycles. The molecule has 1 amide bonds. The Hall–Kier alpha value is -3.87. The van der Waals surface area contributed by atoms with Gasteiger partial charge in [0.25, 0.3) is 5.91 Å². The highest BCUT2D eigenvalue weighted by molar-refractivity contribution is 6.07. The lowest BCUT2D eigenvalue weighted by Gasteiger charge is -2.37. The molecule has 2 aromatic heterocycles. The molecule has 7 heteroatoms. The van der Waals surface area contributed by atoms with E-state index in [9.17, 15) is 4.79 Å². The number of piperazine rings is 1. The van der Waals surface area contributed by atoms with Crippen LogP contribution < -0.4 is 15.1 Å². The number of nitrogens with zero attached hydrogens (tertiary/aromatic N) is 4. The number of amides is 1. The number of H-pyrrole nitrogens is 1. The van der Waals surface area contributed by atoms with Crippen LogP contribution in [0.15, 0.2) is 67.3 Å². The van der Waals surface area contributed by atoms with Crippen molar-refractivity contribution in [1.29, 1.82) is 0 Å². The van der Waals surface area contributed by atoms with Crippen LogP contribution in [0.2, 0.25) is 0 Å². The molecule has 0 saturated carbocycles. The van der Waals surface area contributed by atoms with Crippen molar-refractivity contribution >= 4 is 34.0 Å². The molecule has 7 nitrogen and oxygen atoms in total. The van der Waals surface area contributed by atoms with Gasteiger partial charge in [-0.1, -0.05) is 19.9 Å². The summed E-state index contributed by atoms with van der Waals surface area (Å²) in [7, 11) is 0. The van der Waals surface area contributed by atoms with Gasteiger partial charge in [-0.2, -0.15) is 0 Å². The fourth-order valence-electron chi connectivity index (χ4n) is 4.30. The smallest absolute Gasteiger partial charge is 0.255 e. The van der Waals surface area contributed by atoms with Crippen molar-refractivity contribution in [1.82, 2.24) is 15.0 Å². The average Bonchev–Trinajstić information content (AvgIpc) is 3.33. The highest BCUT2D eigenvalue weighted by atomic mass is 16.1. The first-order valence-corrected chi connectivity index (χ1v) is 11.4. The number of aromatic amines is 1. The maximum absolute atomic E-state index is 13.1. The van der Waals surface area contributed by atoms with Gasteiger partial charge in [0.15, 0.2) is 0 Å². The highest BCUT2D eigenvalue weighted by Crippen LogP contribution is 2.32. The average molecular weight is 441 g/mol. The van der Waals surface area contributed by atoms with Crippen LogP contribution in [0.5, 0.6) is 0 Å². The lowest BCUT2D eigenvalue weighted by Crippen LogP contribution is -2.47. The zero-order valence-electron chi connectivity index (χ0n) is 19.0. The van der Waals surface area contributed by atoms with E-state index in [2.05, 4.69) is 56.0 Å². The molecule has 3 heterocycles. The van der Waals surface area contributed by atoms with Gasteiger partial charge in [-0.25, -0.2) is 4.98 Å². The molecule has 0 aliphatic carbocycles. The van der Waals surface area contributed by atoms with Crippen LogP contribution in [0.1, 0.15) is 35.7 Å². The number of fused-ring (bicyclic) bond motifs is 1. The van der Waals surface area contributed by atoms with Crippen molar-refractivity contribution in [2.75, 3.05) is 41.3 Å². The van der Waals surface area contributed by atoms with E-state index in [-0.39, 0.29) is 5.91 Å². The second kappa shape index (κ2) is 8.94. The Morgan fingerprint density at radius 3 is 2.58 bits per heavy atom. The van der Waals surface area contributed by atoms with Crippen LogP contribution in [0.3, 0.4) is 0 Å². The van der Waals surface area contributed by atoms with Crippen LogP contribution in [-0.2, 0) is 0 Å². The summed E-state index contributed by atoms with van der Waals surface area (Å²) < 4.78 is 0. The molecule has 0 spiro atoms. The zero-order chi connectivity index (χ0) is 22.8. The number of carbonyl (C=O) groups is 1. The molecule has 0 bridgehead atoms. The van der Waals surface area contributed by atoms with Gasteiger partial charge in [0.1, 0.15) is 5.82 Å². The number of anilines is 3. The van der Waals surface area contributed by atoms with Crippen molar-refractivity contribution in [2.24, 2.45) is 0 Å². The molecular formula is C26H28N6O. The molecule has 1 aliphatic rings. The fraction of sp³-hybridized carbons (Fsp3) is 0.269. The SMILES string of the molecule is CC(C)c1ccc(NC(=O)c2ccc3[nH]ccc3c2)c(N2CCN(c3cnccn3)CC2)c1. The van der Waals surface area contributed by atoms with Crippen molar-refractivity contribution in [3.8, 4) is 0 Å². The fourth-order valence-corrected chi connectivity index (χ4v) is 4.30. The van der Waals surface area contributed by atoms with Gasteiger partial charge in [0.2, 0.25) is 0 Å². The lowest BCUT2D eigenvalue weighted by atomic mass is 10.0. The first-order valence-electron chi connectivity index (χ1n) is 11.4. The maximum atomic E-state index is 13.1. The summed E-state index contributed by atoms with van der Waals surface area (Å²) in [5.41, 5.74) is 4.83. The van der Waals surface area contributed by atoms with Crippen molar-refractivity contribution in [2.45, 2.75) is 19.8 Å². The minimum atomic E-state index is -0.102. The highest BCUT2D eigenvalue weighted by Gasteiger charge is 2.22. The van der Waals surface area contributed by atoms with Gasteiger partial charge in [-0.15, -0.1) is 0 Å². The number of aromatic nitrogens is 3. The van der Waals surface area contributed by atoms with Gasteiger partial charge in [-0.05, 0) is 47.9 Å². The molecule has 5 rings (SSSR count). The first kappa shape index (κ1) is 21.0. The minimum Gasteiger partial charge on any atom is -0.366 e. The standard InChI is InChI=1S/C26H28N6O/c1-18(2)19-3-6-23(30-26(33)21-4-5-22-20(15-21)7-8-28-22)24(16-19)31-11-13-32(14-12-31)25-17-27-9-10-29-25/h3-10,15-18,28H,11-14H2,1-2H3,(H,30,33). The molecule has 0 atom stereocenters. The Bertz CT molecular complexity index is 1260. The largest absolute Gasteiger partial charge is 0.366 e. The Morgan fingerprint density at radius 1 is 1.00 bits per heavy atom. The topological polar surface area (TPSA) is 77.2 Å². The normalized spacial score (nSPS) is 14.2. The van der Waals surface area contributed by atoms with E-state index in [1.807, 2.05) is 42.7 Å². The Balaban J connectivity index is 1.38. The first-order chi connectivity index (χ1) is 16.1. The van der Waals surface area contributed by atoms with Gasteiger partial charge >= 0.3 is 0 Å². The molecule has 0 radical (unpaired) electrons. The number of hydrogen-bond donors (Lipinski definition) is 2. The molecule has 1 saturated heterocycles. The Labute approximate surface area is 193 Å². The second-order valence-corrected chi connectivity index (χ2v) is 8.70. The van der Waals surface area contributed by atoms with Gasteiger partial charge < -0.3 is 20.1 Å². The summed E-state index contributed by atoms with van der Waals surface area (Å²) in [4.78, 5) is 29.5. The molecule has 0 unspecified atom stereocenters. The molecule has 1 fully saturated rings. The van der Waals surface area contributed by atoms with E-state index < -0.39 is 0 Å². The third kappa shape index (κ3) is 4.39. The number of rotatable bonds is 5. The molecule has 2 N–H and O–H groups in total. The summed E-state index contributed by atoms with van der Waals surface area (Å²) in [6, 6.07) is 14.1. The third-order valence-electron chi connectivity index (χ3n) is 6.25. The minimum absolute atomic E-state index is 0.102. The molecule has 4 aromatic rings. The number of nitrogens with one attached hydrogen (secondary N) is 2. The molecule has 33 heavy (non-hydrogen) atoms. The monoisotopic (exact) mass is 440 g/mol. The molecule has 1 aliphatic heterocycles. The van der Waals surface area contributed by atoms with Crippen molar-refractivity contribution < 1.29 is 4.79 Å². The Morgan fingerprint density at radius 2 is 1.82 bits per heavy atom. The van der Waals surface area contributed by atoms with E-state index in [4.69, 9.17) is 0 Å². The van der Waals surface area contributed by atoms with Gasteiger partial charge in [0.05, 0.1) is 17.6 Å². The lowest BCUT2D eigenvalue weighted by molar-refractivity contribution is 0.102. The van der Waals surface area contributed by atoms with E-state index >= 15 is 0 Å². The summed E-state index contributed by atoms with van der Waals surface area (Å²) >= 11 is 0. The second-order valence-electron chi connectivity index (χ2n) is 8.70. The summed E-state index contributed by atoms with van der Waals surface area (Å²) in [6.07, 6.45) is 7.12. The summed E-state index contributed by atoms with van der Waals surface area (Å²) in [5, 5.41) is 4.19. The van der Waals surface area contributed by atoms with Crippen LogP contribution in [0.25, 0.3) is 10.9 Å². The van der Waals surface area contributed by atoms with E-state index in [1.165, 1.54) is 5.56 Å². The Kier molecular flexibility index (Phi) is 5.69. The van der Waals surface area contributed by atoms with Crippen LogP contribution >= 0.6 is 0 Å². The zero-order valence-corrected chi connectivity index (χ0v) is 19.0. The third-order valence-corrected chi connectivity index (χ3v) is 6.25. The van der Waals surface area contributed by atoms with E-state index in [1.54, 1.807) is 12.4 Å². The quantitative estimate of drug-likeness (QED) is 0.472. The van der Waals surface area contributed by atoms with Crippen molar-refractivity contribution in [3.05, 3.63) is 78.4 Å². The van der Waals surface area contributed by atoms with E-state index in [0.717, 1.165) is 54.3 Å². The van der Waals surface area contributed by atoms with Gasteiger partial charge in [0, 0.05) is 61.2 Å². The maximum Gasteiger partial charge on any atom is 0.255 e. The summed E-state index contributed by atoms with van der Waals surface area (Å²) in [5.74, 6) is 1.21. The van der Waals surface area contributed by atoms with Crippen LogP contribution in [-0.4, -0.2) is 47.0 Å². The molecule has 168 valence electrons. The number of benzene rings is 2. The number of hydrogen-bond acceptors (Lipinski definition) is 5. The predicted molar refractivity (Wildman–Crippen MR) is 133 cm³/mol. The molecular weight excluding hydrogens is 412 g/mol.